The van der Waals surface area contributed by atoms with Crippen LogP contribution in [-0.4, -0.2) is 61.1 Å². The van der Waals surface area contributed by atoms with E-state index in [9.17, 15) is 22.9 Å². The molecule has 3 aromatic rings. The average Bonchev–Trinajstić information content (AvgIpc) is 3.69. The molecule has 0 bridgehead atoms. The summed E-state index contributed by atoms with van der Waals surface area (Å²) in [5.74, 6) is 0.550. The van der Waals surface area contributed by atoms with Gasteiger partial charge in [-0.1, -0.05) is 0 Å². The van der Waals surface area contributed by atoms with E-state index in [4.69, 9.17) is 18.5 Å². The lowest BCUT2D eigenvalue weighted by Gasteiger charge is -2.17. The van der Waals surface area contributed by atoms with Gasteiger partial charge in [-0.15, -0.1) is 0 Å². The van der Waals surface area contributed by atoms with Gasteiger partial charge in [-0.05, 0) is 63.1 Å². The van der Waals surface area contributed by atoms with Crippen LogP contribution in [0.2, 0.25) is 0 Å². The molecule has 1 saturated carbocycles. The summed E-state index contributed by atoms with van der Waals surface area (Å²) in [5, 5.41) is 12.4. The molecule has 1 aliphatic rings. The van der Waals surface area contributed by atoms with Crippen LogP contribution in [0.15, 0.2) is 59.8 Å². The normalized spacial score (nSPS) is 14.3. The molecule has 0 aliphatic heterocycles. The highest BCUT2D eigenvalue weighted by Crippen LogP contribution is 2.50. The van der Waals surface area contributed by atoms with Gasteiger partial charge in [0.2, 0.25) is 0 Å². The lowest BCUT2D eigenvalue weighted by atomic mass is 10.1. The summed E-state index contributed by atoms with van der Waals surface area (Å²) in [6.45, 7) is 3.70. The number of sulfone groups is 1. The number of benzene rings is 2. The van der Waals surface area contributed by atoms with Crippen molar-refractivity contribution in [2.75, 3.05) is 31.4 Å². The minimum atomic E-state index is -3.37. The average molecular weight is 606 g/mol. The number of carbonyl (C=O) groups is 1. The summed E-state index contributed by atoms with van der Waals surface area (Å²) in [6.07, 6.45) is 5.11. The number of rotatable bonds is 14. The van der Waals surface area contributed by atoms with Gasteiger partial charge in [0.25, 0.3) is 5.91 Å². The number of anilines is 1. The zero-order chi connectivity index (χ0) is 29.7. The standard InChI is InChI=1S/C27H32N3O9PS/c1-4-36-40(33,37-5-2)17-20-15-29-25(16-28-20)30-26(32)19-12-22(14-23(13-19)39-27(18-31)10-11-27)38-21-6-8-24(9-7-21)41(3,34)35/h6-9,12-16,31H,4-5,10-11,17-18H2,1-3H3,(H,29,30,32). The molecule has 41 heavy (non-hydrogen) atoms. The Hall–Kier alpha value is -3.35. The van der Waals surface area contributed by atoms with Crippen molar-refractivity contribution in [1.29, 1.82) is 0 Å². The van der Waals surface area contributed by atoms with E-state index in [1.165, 1.54) is 48.8 Å². The van der Waals surface area contributed by atoms with Crippen molar-refractivity contribution in [2.45, 2.75) is 43.3 Å². The molecule has 1 fully saturated rings. The molecule has 220 valence electrons. The van der Waals surface area contributed by atoms with Gasteiger partial charge >= 0.3 is 7.60 Å². The third-order valence-electron chi connectivity index (χ3n) is 6.01. The van der Waals surface area contributed by atoms with Crippen LogP contribution in [-0.2, 0) is 29.6 Å². The predicted molar refractivity (Wildman–Crippen MR) is 150 cm³/mol. The molecule has 0 unspecified atom stereocenters. The number of ether oxygens (including phenoxy) is 2. The van der Waals surface area contributed by atoms with E-state index < -0.39 is 28.9 Å². The molecule has 1 aromatic heterocycles. The van der Waals surface area contributed by atoms with Gasteiger partial charge in [0, 0.05) is 17.9 Å². The Balaban J connectivity index is 1.53. The predicted octanol–water partition coefficient (Wildman–Crippen LogP) is 4.59. The molecule has 0 saturated heterocycles. The first-order chi connectivity index (χ1) is 19.5. The van der Waals surface area contributed by atoms with Crippen LogP contribution in [0.4, 0.5) is 5.82 Å². The number of nitrogens with zero attached hydrogens (tertiary/aromatic N) is 2. The molecule has 1 heterocycles. The number of nitrogens with one attached hydrogen (secondary N) is 1. The Morgan fingerprint density at radius 3 is 2.20 bits per heavy atom. The highest BCUT2D eigenvalue weighted by atomic mass is 32.2. The van der Waals surface area contributed by atoms with Gasteiger partial charge in [0.1, 0.15) is 22.8 Å². The summed E-state index contributed by atoms with van der Waals surface area (Å²) in [7, 11) is -6.73. The van der Waals surface area contributed by atoms with Crippen molar-refractivity contribution in [3.8, 4) is 17.2 Å². The van der Waals surface area contributed by atoms with Gasteiger partial charge in [-0.25, -0.2) is 13.4 Å². The van der Waals surface area contributed by atoms with Crippen LogP contribution in [0.25, 0.3) is 0 Å². The fourth-order valence-corrected chi connectivity index (χ4v) is 6.04. The van der Waals surface area contributed by atoms with Gasteiger partial charge in [-0.3, -0.25) is 14.3 Å². The lowest BCUT2D eigenvalue weighted by molar-refractivity contribution is 0.0944. The molecule has 0 spiro atoms. The summed E-state index contributed by atoms with van der Waals surface area (Å²) in [5.41, 5.74) is -0.144. The Morgan fingerprint density at radius 2 is 1.66 bits per heavy atom. The van der Waals surface area contributed by atoms with E-state index in [1.807, 2.05) is 0 Å². The number of aliphatic hydroxyl groups excluding tert-OH is 1. The maximum absolute atomic E-state index is 13.2. The Labute approximate surface area is 238 Å². The van der Waals surface area contributed by atoms with Crippen LogP contribution in [0.5, 0.6) is 17.2 Å². The van der Waals surface area contributed by atoms with Gasteiger partial charge in [0.15, 0.2) is 15.7 Å². The molecule has 14 heteroatoms. The SMILES string of the molecule is CCOP(=O)(Cc1cnc(NC(=O)c2cc(Oc3ccc(S(C)(=O)=O)cc3)cc(OC3(CO)CC3)c2)cn1)OCC. The largest absolute Gasteiger partial charge is 0.485 e. The summed E-state index contributed by atoms with van der Waals surface area (Å²) < 4.78 is 58.7. The summed E-state index contributed by atoms with van der Waals surface area (Å²) in [6, 6.07) is 10.5. The van der Waals surface area contributed by atoms with E-state index in [1.54, 1.807) is 19.9 Å². The molecule has 1 amide bonds. The topological polar surface area (TPSA) is 163 Å². The monoisotopic (exact) mass is 605 g/mol. The number of carbonyl (C=O) groups excluding carboxylic acids is 1. The number of aromatic nitrogens is 2. The Kier molecular flexibility index (Phi) is 9.45. The van der Waals surface area contributed by atoms with Gasteiger partial charge in [0.05, 0.1) is 49.0 Å². The van der Waals surface area contributed by atoms with E-state index in [2.05, 4.69) is 15.3 Å². The number of hydrogen-bond acceptors (Lipinski definition) is 11. The molecule has 12 nitrogen and oxygen atoms in total. The van der Waals surface area contributed by atoms with Crippen molar-refractivity contribution < 1.29 is 41.4 Å². The molecule has 0 atom stereocenters. The fraction of sp³-hybridized carbons (Fsp3) is 0.370. The van der Waals surface area contributed by atoms with Crippen molar-refractivity contribution in [3.05, 3.63) is 66.1 Å². The molecule has 1 aliphatic carbocycles. The minimum absolute atomic E-state index is 0.0617. The number of amides is 1. The zero-order valence-electron chi connectivity index (χ0n) is 22.9. The third kappa shape index (κ3) is 8.34. The Bertz CT molecular complexity index is 1520. The summed E-state index contributed by atoms with van der Waals surface area (Å²) in [4.78, 5) is 21.7. The lowest BCUT2D eigenvalue weighted by Crippen LogP contribution is -2.23. The van der Waals surface area contributed by atoms with Crippen LogP contribution in [0.3, 0.4) is 0 Å². The van der Waals surface area contributed by atoms with Gasteiger partial charge in [-0.2, -0.15) is 0 Å². The van der Waals surface area contributed by atoms with E-state index >= 15 is 0 Å². The first-order valence-corrected chi connectivity index (χ1v) is 16.5. The second-order valence-corrected chi connectivity index (χ2v) is 13.5. The number of aliphatic hydroxyl groups is 1. The van der Waals surface area contributed by atoms with E-state index in [0.29, 0.717) is 30.0 Å². The smallest absolute Gasteiger partial charge is 0.336 e. The first-order valence-electron chi connectivity index (χ1n) is 12.9. The van der Waals surface area contributed by atoms with Crippen molar-refractivity contribution in [3.63, 3.8) is 0 Å². The second-order valence-electron chi connectivity index (χ2n) is 9.43. The third-order valence-corrected chi connectivity index (χ3v) is 9.16. The van der Waals surface area contributed by atoms with Gasteiger partial charge < -0.3 is 28.9 Å². The molecular weight excluding hydrogens is 573 g/mol. The highest BCUT2D eigenvalue weighted by molar-refractivity contribution is 7.90. The second kappa shape index (κ2) is 12.7. The maximum Gasteiger partial charge on any atom is 0.336 e. The van der Waals surface area contributed by atoms with Crippen molar-refractivity contribution in [1.82, 2.24) is 9.97 Å². The molecule has 2 N–H and O–H groups in total. The molecule has 2 aromatic carbocycles. The van der Waals surface area contributed by atoms with Crippen LogP contribution < -0.4 is 14.8 Å². The van der Waals surface area contributed by atoms with Crippen molar-refractivity contribution >= 4 is 29.2 Å². The summed E-state index contributed by atoms with van der Waals surface area (Å²) >= 11 is 0. The fourth-order valence-electron chi connectivity index (χ4n) is 3.80. The van der Waals surface area contributed by atoms with E-state index in [-0.39, 0.29) is 48.0 Å². The van der Waals surface area contributed by atoms with Crippen molar-refractivity contribution in [2.24, 2.45) is 0 Å². The quantitative estimate of drug-likeness (QED) is 0.247. The molecular formula is C27H32N3O9PS. The Morgan fingerprint density at radius 1 is 1.00 bits per heavy atom. The van der Waals surface area contributed by atoms with Crippen LogP contribution >= 0.6 is 7.60 Å². The van der Waals surface area contributed by atoms with E-state index in [0.717, 1.165) is 6.26 Å². The zero-order valence-corrected chi connectivity index (χ0v) is 24.6. The highest BCUT2D eigenvalue weighted by Gasteiger charge is 2.45. The first kappa shape index (κ1) is 30.6. The molecule has 4 rings (SSSR count). The maximum atomic E-state index is 13.2. The molecule has 0 radical (unpaired) electrons. The van der Waals surface area contributed by atoms with Crippen LogP contribution in [0.1, 0.15) is 42.7 Å². The minimum Gasteiger partial charge on any atom is -0.485 e. The number of hydrogen-bond donors (Lipinski definition) is 2. The van der Waals surface area contributed by atoms with Crippen LogP contribution in [0, 0.1) is 0 Å².